The van der Waals surface area contributed by atoms with Crippen molar-refractivity contribution in [3.63, 3.8) is 0 Å². The lowest BCUT2D eigenvalue weighted by molar-refractivity contribution is 0.512. The molecule has 1 radical (unpaired) electrons. The van der Waals surface area contributed by atoms with E-state index in [2.05, 4.69) is 27.5 Å². The van der Waals surface area contributed by atoms with Gasteiger partial charge in [-0.1, -0.05) is 84.0 Å². The van der Waals surface area contributed by atoms with Crippen LogP contribution in [0.15, 0.2) is 0 Å². The van der Waals surface area contributed by atoms with E-state index in [4.69, 9.17) is 0 Å². The highest BCUT2D eigenvalue weighted by molar-refractivity contribution is 5.60. The molecule has 0 saturated carbocycles. The standard InChI is InChI=1S/C17H31N4O/c1-2-3-4-5-6-7-8-9-10-11-12-13-14-16(15-22)17-18-20-21-19-17/h16H,2-14H2,1H3,(H,18,19,20,21). The lowest BCUT2D eigenvalue weighted by atomic mass is 10.0. The number of nitrogens with zero attached hydrogens (tertiary/aromatic N) is 3. The molecule has 0 aliphatic heterocycles. The molecule has 0 fully saturated rings. The molecule has 1 heterocycles. The summed E-state index contributed by atoms with van der Waals surface area (Å²) in [6.07, 6.45) is 18.7. The van der Waals surface area contributed by atoms with Crippen LogP contribution in [0, 0.1) is 0 Å². The normalized spacial score (nSPS) is 12.4. The third-order valence-corrected chi connectivity index (χ3v) is 4.18. The molecule has 1 aromatic rings. The minimum Gasteiger partial charge on any atom is -0.290 e. The lowest BCUT2D eigenvalue weighted by Gasteiger charge is -2.05. The van der Waals surface area contributed by atoms with Crippen LogP contribution in [0.1, 0.15) is 102 Å². The van der Waals surface area contributed by atoms with Crippen LogP contribution in [0.25, 0.3) is 0 Å². The second-order valence-electron chi connectivity index (χ2n) is 6.13. The molecule has 0 bridgehead atoms. The minimum absolute atomic E-state index is 0.293. The van der Waals surface area contributed by atoms with Crippen LogP contribution in [0.3, 0.4) is 0 Å². The third-order valence-electron chi connectivity index (χ3n) is 4.18. The second-order valence-corrected chi connectivity index (χ2v) is 6.13. The van der Waals surface area contributed by atoms with E-state index >= 15 is 0 Å². The minimum atomic E-state index is -0.293. The van der Waals surface area contributed by atoms with Gasteiger partial charge in [0, 0.05) is 0 Å². The molecule has 22 heavy (non-hydrogen) atoms. The van der Waals surface area contributed by atoms with Crippen LogP contribution in [0.5, 0.6) is 0 Å². The molecule has 0 aromatic carbocycles. The Bertz CT molecular complexity index is 354. The summed E-state index contributed by atoms with van der Waals surface area (Å²) in [7, 11) is 0. The number of tetrazole rings is 1. The molecule has 0 saturated heterocycles. The molecule has 1 rings (SSSR count). The lowest BCUT2D eigenvalue weighted by Crippen LogP contribution is -2.03. The summed E-state index contributed by atoms with van der Waals surface area (Å²) in [5.74, 6) is 0.246. The fourth-order valence-electron chi connectivity index (χ4n) is 2.76. The first kappa shape index (κ1) is 18.8. The van der Waals surface area contributed by atoms with Crippen molar-refractivity contribution in [1.29, 1.82) is 0 Å². The number of carbonyl (C=O) groups excluding carboxylic acids is 1. The number of aromatic amines is 1. The molecule has 5 heteroatoms. The summed E-state index contributed by atoms with van der Waals surface area (Å²) in [6, 6.07) is 0. The van der Waals surface area contributed by atoms with Crippen molar-refractivity contribution in [3.05, 3.63) is 5.82 Å². The summed E-state index contributed by atoms with van der Waals surface area (Å²) in [5.41, 5.74) is 0. The summed E-state index contributed by atoms with van der Waals surface area (Å²) < 4.78 is 0. The van der Waals surface area contributed by atoms with Crippen molar-refractivity contribution in [2.45, 2.75) is 96.3 Å². The quantitative estimate of drug-likeness (QED) is 0.485. The van der Waals surface area contributed by atoms with Crippen LogP contribution in [-0.2, 0) is 4.79 Å². The number of nitrogens with one attached hydrogen (secondary N) is 1. The van der Waals surface area contributed by atoms with Crippen molar-refractivity contribution >= 4 is 6.29 Å². The number of aromatic nitrogens is 4. The monoisotopic (exact) mass is 307 g/mol. The fraction of sp³-hybridized carbons (Fsp3) is 0.882. The van der Waals surface area contributed by atoms with E-state index in [9.17, 15) is 4.79 Å². The molecule has 1 aromatic heterocycles. The van der Waals surface area contributed by atoms with Gasteiger partial charge in [0.2, 0.25) is 6.29 Å². The summed E-state index contributed by atoms with van der Waals surface area (Å²) >= 11 is 0. The number of H-pyrrole nitrogens is 1. The number of hydrogen-bond donors (Lipinski definition) is 1. The molecule has 1 atom stereocenters. The van der Waals surface area contributed by atoms with Gasteiger partial charge in [0.05, 0.1) is 5.92 Å². The Balaban J connectivity index is 1.86. The second kappa shape index (κ2) is 13.4. The van der Waals surface area contributed by atoms with Gasteiger partial charge in [0.1, 0.15) is 0 Å². The van der Waals surface area contributed by atoms with Crippen molar-refractivity contribution < 1.29 is 4.79 Å². The summed E-state index contributed by atoms with van der Waals surface area (Å²) in [4.78, 5) is 10.9. The zero-order valence-electron chi connectivity index (χ0n) is 14.0. The Morgan fingerprint density at radius 1 is 0.909 bits per heavy atom. The maximum absolute atomic E-state index is 10.9. The van der Waals surface area contributed by atoms with Gasteiger partial charge in [0.25, 0.3) is 0 Å². The Morgan fingerprint density at radius 3 is 1.91 bits per heavy atom. The van der Waals surface area contributed by atoms with Crippen molar-refractivity contribution in [1.82, 2.24) is 20.6 Å². The molecule has 0 amide bonds. The van der Waals surface area contributed by atoms with E-state index in [1.807, 2.05) is 6.29 Å². The fourth-order valence-corrected chi connectivity index (χ4v) is 2.76. The van der Waals surface area contributed by atoms with E-state index in [0.717, 1.165) is 12.8 Å². The van der Waals surface area contributed by atoms with Gasteiger partial charge in [-0.25, -0.2) is 5.10 Å². The number of unbranched alkanes of at least 4 members (excludes halogenated alkanes) is 11. The maximum Gasteiger partial charge on any atom is 0.209 e. The van der Waals surface area contributed by atoms with Crippen LogP contribution in [0.2, 0.25) is 0 Å². The van der Waals surface area contributed by atoms with Gasteiger partial charge in [-0.3, -0.25) is 4.79 Å². The van der Waals surface area contributed by atoms with Crippen molar-refractivity contribution in [3.8, 4) is 0 Å². The number of rotatable bonds is 15. The number of hydrogen-bond acceptors (Lipinski definition) is 4. The molecular formula is C17H31N4O. The first-order valence-corrected chi connectivity index (χ1v) is 8.99. The van der Waals surface area contributed by atoms with Crippen LogP contribution < -0.4 is 0 Å². The third kappa shape index (κ3) is 8.90. The zero-order valence-corrected chi connectivity index (χ0v) is 14.0. The molecule has 125 valence electrons. The highest BCUT2D eigenvalue weighted by atomic mass is 16.1. The predicted molar refractivity (Wildman–Crippen MR) is 88.3 cm³/mol. The van der Waals surface area contributed by atoms with Gasteiger partial charge >= 0.3 is 0 Å². The van der Waals surface area contributed by atoms with Crippen LogP contribution >= 0.6 is 0 Å². The van der Waals surface area contributed by atoms with E-state index in [-0.39, 0.29) is 5.92 Å². The highest BCUT2D eigenvalue weighted by Gasteiger charge is 2.14. The average Bonchev–Trinajstić information content (AvgIpc) is 3.06. The average molecular weight is 307 g/mol. The highest BCUT2D eigenvalue weighted by Crippen LogP contribution is 2.17. The zero-order chi connectivity index (χ0) is 15.9. The van der Waals surface area contributed by atoms with E-state index in [0.29, 0.717) is 5.82 Å². The van der Waals surface area contributed by atoms with E-state index < -0.39 is 0 Å². The van der Waals surface area contributed by atoms with Crippen LogP contribution in [-0.4, -0.2) is 26.9 Å². The topological polar surface area (TPSA) is 71.5 Å². The van der Waals surface area contributed by atoms with Crippen molar-refractivity contribution in [2.24, 2.45) is 0 Å². The largest absolute Gasteiger partial charge is 0.290 e. The predicted octanol–water partition coefficient (Wildman–Crippen LogP) is 4.48. The van der Waals surface area contributed by atoms with Gasteiger partial charge in [-0.2, -0.15) is 0 Å². The summed E-state index contributed by atoms with van der Waals surface area (Å²) in [6.45, 7) is 2.26. The van der Waals surface area contributed by atoms with Crippen LogP contribution in [0.4, 0.5) is 0 Å². The van der Waals surface area contributed by atoms with Crippen molar-refractivity contribution in [2.75, 3.05) is 0 Å². The van der Waals surface area contributed by atoms with Gasteiger partial charge in [-0.05, 0) is 16.8 Å². The first-order chi connectivity index (χ1) is 10.9. The van der Waals surface area contributed by atoms with Gasteiger partial charge in [0.15, 0.2) is 5.82 Å². The Kier molecular flexibility index (Phi) is 11.4. The molecule has 0 spiro atoms. The Labute approximate surface area is 134 Å². The summed E-state index contributed by atoms with van der Waals surface area (Å²) in [5, 5.41) is 13.4. The van der Waals surface area contributed by atoms with Gasteiger partial charge < -0.3 is 0 Å². The Hall–Kier alpha value is -1.26. The Morgan fingerprint density at radius 2 is 1.45 bits per heavy atom. The molecule has 0 aliphatic rings. The molecule has 0 aliphatic carbocycles. The van der Waals surface area contributed by atoms with Gasteiger partial charge in [-0.15, -0.1) is 5.10 Å². The molecule has 5 nitrogen and oxygen atoms in total. The first-order valence-electron chi connectivity index (χ1n) is 8.99. The molecule has 1 N–H and O–H groups in total. The SMILES string of the molecule is CCCCCCCCCCCCCCC([C]=O)c1nnn[nH]1. The smallest absolute Gasteiger partial charge is 0.209 e. The van der Waals surface area contributed by atoms with E-state index in [1.54, 1.807) is 0 Å². The molecular weight excluding hydrogens is 276 g/mol. The maximum atomic E-state index is 10.9. The van der Waals surface area contributed by atoms with E-state index in [1.165, 1.54) is 70.6 Å². The molecule has 1 unspecified atom stereocenters.